The number of pyridine rings is 3. The molecule has 183 valence electrons. The van der Waals surface area contributed by atoms with E-state index in [0.717, 1.165) is 43.5 Å². The zero-order valence-electron chi connectivity index (χ0n) is 22.7. The van der Waals surface area contributed by atoms with Gasteiger partial charge >= 0.3 is 0 Å². The van der Waals surface area contributed by atoms with Gasteiger partial charge in [-0.1, -0.05) is 35.2 Å². The molecule has 0 aliphatic carbocycles. The van der Waals surface area contributed by atoms with Crippen LogP contribution < -0.4 is 0 Å². The fraction of sp³-hybridized carbons (Fsp3) is 0.0645. The molecule has 6 heteroatoms. The Kier molecular flexibility index (Phi) is 6.20. The minimum absolute atomic E-state index is 0. The summed E-state index contributed by atoms with van der Waals surface area (Å²) in [5, 5.41) is 4.88. The predicted octanol–water partition coefficient (Wildman–Crippen LogP) is 8.22. The van der Waals surface area contributed by atoms with Crippen molar-refractivity contribution in [3.8, 4) is 22.5 Å². The van der Waals surface area contributed by atoms with Gasteiger partial charge in [-0.05, 0) is 54.3 Å². The maximum absolute atomic E-state index is 7.55. The van der Waals surface area contributed by atoms with Crippen molar-refractivity contribution in [3.05, 3.63) is 114 Å². The largest absolute Gasteiger partial charge is 0.486 e. The molecule has 0 fully saturated rings. The molecule has 4 nitrogen and oxygen atoms in total. The molecule has 0 saturated carbocycles. The van der Waals surface area contributed by atoms with E-state index in [1.165, 1.54) is 11.6 Å². The summed E-state index contributed by atoms with van der Waals surface area (Å²) in [5.41, 5.74) is 5.68. The number of furan rings is 1. The van der Waals surface area contributed by atoms with Crippen molar-refractivity contribution in [1.82, 2.24) is 15.0 Å². The zero-order valence-corrected chi connectivity index (χ0v) is 22.9. The maximum Gasteiger partial charge on any atom is 0.216 e. The van der Waals surface area contributed by atoms with Crippen LogP contribution in [0.15, 0.2) is 94.9 Å². The van der Waals surface area contributed by atoms with Gasteiger partial charge in [-0.2, -0.15) is 0 Å². The zero-order chi connectivity index (χ0) is 27.0. The van der Waals surface area contributed by atoms with Gasteiger partial charge in [0.2, 0.25) is 5.71 Å². The molecule has 0 aliphatic heterocycles. The molecule has 1 radical (unpaired) electrons. The summed E-state index contributed by atoms with van der Waals surface area (Å²) in [6.45, 7) is -0.202. The van der Waals surface area contributed by atoms with E-state index in [4.69, 9.17) is 13.5 Å². The molecule has 37 heavy (non-hydrogen) atoms. The summed E-state index contributed by atoms with van der Waals surface area (Å²) in [6.07, 6.45) is 1.79. The molecule has 0 aliphatic rings. The van der Waals surface area contributed by atoms with Crippen LogP contribution in [-0.4, -0.2) is 15.0 Å². The van der Waals surface area contributed by atoms with Crippen LogP contribution in [0.2, 0.25) is 0 Å². The Balaban J connectivity index is 0.000000209. The Labute approximate surface area is 236 Å². The topological polar surface area (TPSA) is 51.8 Å². The van der Waals surface area contributed by atoms with Gasteiger partial charge in [0.05, 0.1) is 5.58 Å². The molecule has 2 aromatic carbocycles. The Hall–Kier alpha value is -3.70. The molecule has 5 heterocycles. The van der Waals surface area contributed by atoms with Crippen LogP contribution in [0.1, 0.15) is 15.4 Å². The smallest absolute Gasteiger partial charge is 0.216 e. The monoisotopic (exact) mass is 679 g/mol. The van der Waals surface area contributed by atoms with Gasteiger partial charge in [0.15, 0.2) is 0 Å². The van der Waals surface area contributed by atoms with Gasteiger partial charge < -0.3 is 9.40 Å². The Morgan fingerprint density at radius 2 is 1.73 bits per heavy atom. The normalized spacial score (nSPS) is 12.3. The summed E-state index contributed by atoms with van der Waals surface area (Å²) < 4.78 is 28.6. The molecule has 5 aromatic heterocycles. The molecule has 0 saturated heterocycles. The van der Waals surface area contributed by atoms with Crippen molar-refractivity contribution in [1.29, 1.82) is 0 Å². The molecule has 0 bridgehead atoms. The summed E-state index contributed by atoms with van der Waals surface area (Å²) in [4.78, 5) is 14.2. The van der Waals surface area contributed by atoms with Crippen LogP contribution in [0.25, 0.3) is 54.8 Å². The molecule has 0 unspecified atom stereocenters. The molecule has 0 amide bonds. The van der Waals surface area contributed by atoms with Crippen LogP contribution in [0.5, 0.6) is 0 Å². The molecular formula is C31H21IrN3OS-2. The van der Waals surface area contributed by atoms with Gasteiger partial charge in [0, 0.05) is 46.9 Å². The second kappa shape index (κ2) is 10.7. The molecule has 0 spiro atoms. The van der Waals surface area contributed by atoms with E-state index in [0.29, 0.717) is 11.3 Å². The number of fused-ring (bicyclic) bond motifs is 4. The second-order valence-corrected chi connectivity index (χ2v) is 9.06. The third-order valence-electron chi connectivity index (χ3n) is 5.84. The molecule has 0 N–H and O–H groups in total. The van der Waals surface area contributed by atoms with Gasteiger partial charge in [-0.3, -0.25) is 4.98 Å². The number of benzene rings is 2. The van der Waals surface area contributed by atoms with Crippen molar-refractivity contribution in [2.75, 3.05) is 0 Å². The number of aryl methyl sites for hydroxylation is 2. The standard InChI is InChI=1S/C20H13N2OS.C11H8N.Ir/c1-11-10-24-20-13(11)8-9-17(22-20)16-5-3-4-14-15-7-6-12(2)21-19(15)23-18(14)16;1-2-6-10(7-3-1)11-8-4-5-9-12-11;/h3-4,6-10H,1-2H3;1-6,8-9H;/q2*-1;/i2D3;;. The third kappa shape index (κ3) is 4.96. The number of aromatic nitrogens is 3. The molecule has 0 atom stereocenters. The Bertz CT molecular complexity index is 1880. The van der Waals surface area contributed by atoms with Gasteiger partial charge in [-0.15, -0.1) is 65.4 Å². The number of thiophene rings is 1. The third-order valence-corrected chi connectivity index (χ3v) is 6.84. The minimum atomic E-state index is -2.27. The fourth-order valence-corrected chi connectivity index (χ4v) is 4.99. The first-order chi connectivity index (χ1) is 18.9. The molecule has 7 aromatic rings. The van der Waals surface area contributed by atoms with E-state index in [2.05, 4.69) is 40.5 Å². The van der Waals surface area contributed by atoms with Crippen LogP contribution in [0.4, 0.5) is 0 Å². The number of rotatable bonds is 2. The molecular weight excluding hydrogens is 655 g/mol. The van der Waals surface area contributed by atoms with E-state index in [9.17, 15) is 0 Å². The minimum Gasteiger partial charge on any atom is -0.486 e. The van der Waals surface area contributed by atoms with Crippen LogP contribution in [0.3, 0.4) is 0 Å². The molecule has 7 rings (SSSR count). The SMILES string of the molecule is [2H]C([2H])([2H])c1ccc2c(n1)oc1c(-c3ccc4c(C)csc4n3)[c-]ccc12.[Ir].[c-]1ccccc1-c1ccccn1. The van der Waals surface area contributed by atoms with Crippen LogP contribution in [0, 0.1) is 25.9 Å². The summed E-state index contributed by atoms with van der Waals surface area (Å²) in [5.74, 6) is 0. The quantitative estimate of drug-likeness (QED) is 0.173. The fourth-order valence-electron chi connectivity index (χ4n) is 4.06. The summed E-state index contributed by atoms with van der Waals surface area (Å²) in [7, 11) is 0. The predicted molar refractivity (Wildman–Crippen MR) is 147 cm³/mol. The summed E-state index contributed by atoms with van der Waals surface area (Å²) >= 11 is 1.61. The van der Waals surface area contributed by atoms with Crippen molar-refractivity contribution >= 4 is 43.6 Å². The van der Waals surface area contributed by atoms with Crippen LogP contribution in [-0.2, 0) is 20.1 Å². The van der Waals surface area contributed by atoms with E-state index in [1.54, 1.807) is 23.6 Å². The first-order valence-corrected chi connectivity index (χ1v) is 12.2. The van der Waals surface area contributed by atoms with E-state index in [1.807, 2.05) is 60.7 Å². The first kappa shape index (κ1) is 21.4. The Morgan fingerprint density at radius 3 is 2.54 bits per heavy atom. The van der Waals surface area contributed by atoms with E-state index in [-0.39, 0.29) is 25.8 Å². The Morgan fingerprint density at radius 1 is 0.838 bits per heavy atom. The maximum atomic E-state index is 7.55. The van der Waals surface area contributed by atoms with Gasteiger partial charge in [-0.25, -0.2) is 4.98 Å². The average molecular weight is 679 g/mol. The number of hydrogen-bond acceptors (Lipinski definition) is 5. The first-order valence-electron chi connectivity index (χ1n) is 12.9. The number of nitrogens with zero attached hydrogens (tertiary/aromatic N) is 3. The van der Waals surface area contributed by atoms with E-state index < -0.39 is 6.85 Å². The van der Waals surface area contributed by atoms with Crippen LogP contribution >= 0.6 is 11.3 Å². The van der Waals surface area contributed by atoms with Gasteiger partial charge in [0.25, 0.3) is 0 Å². The number of hydrogen-bond donors (Lipinski definition) is 0. The van der Waals surface area contributed by atoms with Crippen molar-refractivity contribution in [2.24, 2.45) is 0 Å². The van der Waals surface area contributed by atoms with Crippen molar-refractivity contribution < 1.29 is 28.6 Å². The van der Waals surface area contributed by atoms with Gasteiger partial charge in [0.1, 0.15) is 4.83 Å². The second-order valence-electron chi connectivity index (χ2n) is 8.21. The van der Waals surface area contributed by atoms with Crippen molar-refractivity contribution in [3.63, 3.8) is 0 Å². The van der Waals surface area contributed by atoms with Crippen molar-refractivity contribution in [2.45, 2.75) is 13.8 Å². The summed E-state index contributed by atoms with van der Waals surface area (Å²) in [6, 6.07) is 31.1. The van der Waals surface area contributed by atoms with E-state index >= 15 is 0 Å². The average Bonchev–Trinajstić information content (AvgIpc) is 3.53.